The average Bonchev–Trinajstić information content (AvgIpc) is 2.80. The number of carbonyl (C=O) groups is 1. The third-order valence-electron chi connectivity index (χ3n) is 3.14. The van der Waals surface area contributed by atoms with Crippen molar-refractivity contribution in [1.29, 1.82) is 0 Å². The van der Waals surface area contributed by atoms with Gasteiger partial charge in [-0.3, -0.25) is 14.8 Å². The summed E-state index contributed by atoms with van der Waals surface area (Å²) in [6.07, 6.45) is 2.89. The normalized spacial score (nSPS) is 24.3. The van der Waals surface area contributed by atoms with Crippen LogP contribution in [0.2, 0.25) is 0 Å². The van der Waals surface area contributed by atoms with E-state index in [4.69, 9.17) is 4.74 Å². The zero-order valence-electron chi connectivity index (χ0n) is 11.6. The third kappa shape index (κ3) is 4.65. The molecule has 0 spiro atoms. The number of morpholine rings is 1. The Morgan fingerprint density at radius 2 is 2.26 bits per heavy atom. The summed E-state index contributed by atoms with van der Waals surface area (Å²) in [7, 11) is 0. The number of rotatable bonds is 5. The number of nitrogens with zero attached hydrogens (tertiary/aromatic N) is 2. The zero-order chi connectivity index (χ0) is 13.7. The van der Waals surface area contributed by atoms with E-state index in [9.17, 15) is 4.79 Å². The number of carbonyl (C=O) groups excluding carboxylic acids is 1. The predicted molar refractivity (Wildman–Crippen MR) is 71.8 cm³/mol. The Labute approximate surface area is 113 Å². The van der Waals surface area contributed by atoms with E-state index in [0.29, 0.717) is 13.1 Å². The van der Waals surface area contributed by atoms with Crippen molar-refractivity contribution in [3.63, 3.8) is 0 Å². The highest BCUT2D eigenvalue weighted by Gasteiger charge is 2.23. The zero-order valence-corrected chi connectivity index (χ0v) is 11.6. The molecule has 2 heterocycles. The number of H-pyrrole nitrogens is 1. The molecule has 2 N–H and O–H groups in total. The summed E-state index contributed by atoms with van der Waals surface area (Å²) in [4.78, 5) is 14.0. The van der Waals surface area contributed by atoms with Gasteiger partial charge in [-0.05, 0) is 19.9 Å². The minimum absolute atomic E-state index is 0.0702. The number of nitrogens with one attached hydrogen (secondary N) is 2. The first kappa shape index (κ1) is 14.0. The highest BCUT2D eigenvalue weighted by atomic mass is 16.5. The molecule has 0 saturated carbocycles. The molecule has 6 heteroatoms. The Balaban J connectivity index is 1.66. The second-order valence-electron chi connectivity index (χ2n) is 5.13. The van der Waals surface area contributed by atoms with Crippen LogP contribution in [-0.4, -0.2) is 59.4 Å². The largest absolute Gasteiger partial charge is 0.373 e. The highest BCUT2D eigenvalue weighted by molar-refractivity contribution is 5.78. The summed E-state index contributed by atoms with van der Waals surface area (Å²) in [5.74, 6) is 0.0702. The van der Waals surface area contributed by atoms with Gasteiger partial charge in [-0.25, -0.2) is 0 Å². The Bertz CT molecular complexity index is 383. The Morgan fingerprint density at radius 1 is 1.53 bits per heavy atom. The molecular weight excluding hydrogens is 244 g/mol. The van der Waals surface area contributed by atoms with E-state index in [0.717, 1.165) is 25.2 Å². The number of aromatic nitrogens is 2. The molecule has 1 aromatic heterocycles. The highest BCUT2D eigenvalue weighted by Crippen LogP contribution is 2.09. The second-order valence-corrected chi connectivity index (χ2v) is 5.13. The quantitative estimate of drug-likeness (QED) is 0.797. The summed E-state index contributed by atoms with van der Waals surface area (Å²) >= 11 is 0. The van der Waals surface area contributed by atoms with Gasteiger partial charge in [0.15, 0.2) is 0 Å². The smallest absolute Gasteiger partial charge is 0.234 e. The Hall–Kier alpha value is -1.40. The standard InChI is InChI=1S/C13H22N4O2/c1-10-7-17(8-11(2)19-10)9-13(18)14-5-3-12-4-6-15-16-12/h4,6,10-11H,3,5,7-9H2,1-2H3,(H,14,18)(H,15,16)/t10-,11+. The Morgan fingerprint density at radius 3 is 2.89 bits per heavy atom. The van der Waals surface area contributed by atoms with Crippen LogP contribution in [0.15, 0.2) is 12.3 Å². The third-order valence-corrected chi connectivity index (χ3v) is 3.14. The van der Waals surface area contributed by atoms with E-state index in [2.05, 4.69) is 20.4 Å². The molecule has 106 valence electrons. The van der Waals surface area contributed by atoms with Crippen LogP contribution in [0.25, 0.3) is 0 Å². The molecule has 1 aliphatic heterocycles. The van der Waals surface area contributed by atoms with Crippen LogP contribution in [0.3, 0.4) is 0 Å². The molecule has 6 nitrogen and oxygen atoms in total. The summed E-state index contributed by atoms with van der Waals surface area (Å²) < 4.78 is 5.64. The fourth-order valence-corrected chi connectivity index (χ4v) is 2.43. The maximum Gasteiger partial charge on any atom is 0.234 e. The van der Waals surface area contributed by atoms with Crippen LogP contribution in [0.5, 0.6) is 0 Å². The van der Waals surface area contributed by atoms with Gasteiger partial charge in [0.2, 0.25) is 5.91 Å². The topological polar surface area (TPSA) is 70.2 Å². The molecule has 1 aliphatic rings. The van der Waals surface area contributed by atoms with Gasteiger partial charge in [0.1, 0.15) is 0 Å². The summed E-state index contributed by atoms with van der Waals surface area (Å²) in [6, 6.07) is 1.91. The first-order chi connectivity index (χ1) is 9.13. The van der Waals surface area contributed by atoms with Crippen LogP contribution < -0.4 is 5.32 Å². The van der Waals surface area contributed by atoms with E-state index in [1.807, 2.05) is 19.9 Å². The lowest BCUT2D eigenvalue weighted by Crippen LogP contribution is -2.49. The van der Waals surface area contributed by atoms with Crippen molar-refractivity contribution in [2.24, 2.45) is 0 Å². The van der Waals surface area contributed by atoms with Crippen LogP contribution in [0.1, 0.15) is 19.5 Å². The van der Waals surface area contributed by atoms with Gasteiger partial charge < -0.3 is 10.1 Å². The fourth-order valence-electron chi connectivity index (χ4n) is 2.43. The van der Waals surface area contributed by atoms with Crippen molar-refractivity contribution in [3.05, 3.63) is 18.0 Å². The van der Waals surface area contributed by atoms with Crippen molar-refractivity contribution in [2.45, 2.75) is 32.5 Å². The molecule has 2 rings (SSSR count). The molecule has 1 amide bonds. The maximum absolute atomic E-state index is 11.8. The SMILES string of the molecule is C[C@@H]1CN(CC(=O)NCCc2ccn[nH]2)C[C@H](C)O1. The van der Waals surface area contributed by atoms with Crippen molar-refractivity contribution < 1.29 is 9.53 Å². The monoisotopic (exact) mass is 266 g/mol. The summed E-state index contributed by atoms with van der Waals surface area (Å²) in [6.45, 7) is 6.80. The van der Waals surface area contributed by atoms with Crippen LogP contribution in [0, 0.1) is 0 Å². The number of aromatic amines is 1. The predicted octanol–water partition coefficient (Wildman–Crippen LogP) is 0.178. The van der Waals surface area contributed by atoms with E-state index in [-0.39, 0.29) is 18.1 Å². The van der Waals surface area contributed by atoms with Crippen molar-refractivity contribution >= 4 is 5.91 Å². The van der Waals surface area contributed by atoms with Crippen molar-refractivity contribution in [3.8, 4) is 0 Å². The lowest BCUT2D eigenvalue weighted by molar-refractivity contribution is -0.125. The van der Waals surface area contributed by atoms with Gasteiger partial charge in [0, 0.05) is 37.9 Å². The summed E-state index contributed by atoms with van der Waals surface area (Å²) in [5, 5.41) is 9.67. The van der Waals surface area contributed by atoms with Gasteiger partial charge >= 0.3 is 0 Å². The molecule has 0 aromatic carbocycles. The molecule has 0 radical (unpaired) electrons. The van der Waals surface area contributed by atoms with Crippen LogP contribution >= 0.6 is 0 Å². The van der Waals surface area contributed by atoms with Gasteiger partial charge in [-0.1, -0.05) is 0 Å². The molecule has 1 aromatic rings. The molecule has 0 aliphatic carbocycles. The first-order valence-corrected chi connectivity index (χ1v) is 6.76. The van der Waals surface area contributed by atoms with E-state index >= 15 is 0 Å². The van der Waals surface area contributed by atoms with E-state index in [1.54, 1.807) is 6.20 Å². The van der Waals surface area contributed by atoms with Gasteiger partial charge in [0.05, 0.1) is 18.8 Å². The molecule has 0 bridgehead atoms. The van der Waals surface area contributed by atoms with Crippen LogP contribution in [0.4, 0.5) is 0 Å². The second kappa shape index (κ2) is 6.68. The van der Waals surface area contributed by atoms with Gasteiger partial charge in [-0.15, -0.1) is 0 Å². The number of hydrogen-bond donors (Lipinski definition) is 2. The fraction of sp³-hybridized carbons (Fsp3) is 0.692. The average molecular weight is 266 g/mol. The lowest BCUT2D eigenvalue weighted by atomic mass is 10.2. The van der Waals surface area contributed by atoms with Crippen molar-refractivity contribution in [1.82, 2.24) is 20.4 Å². The van der Waals surface area contributed by atoms with Gasteiger partial charge in [0.25, 0.3) is 0 Å². The molecule has 1 saturated heterocycles. The molecular formula is C13H22N4O2. The number of amides is 1. The van der Waals surface area contributed by atoms with Crippen molar-refractivity contribution in [2.75, 3.05) is 26.2 Å². The molecule has 1 fully saturated rings. The van der Waals surface area contributed by atoms with Gasteiger partial charge in [-0.2, -0.15) is 5.10 Å². The van der Waals surface area contributed by atoms with E-state index < -0.39 is 0 Å². The molecule has 2 atom stereocenters. The molecule has 19 heavy (non-hydrogen) atoms. The maximum atomic E-state index is 11.8. The molecule has 0 unspecified atom stereocenters. The first-order valence-electron chi connectivity index (χ1n) is 6.76. The Kier molecular flexibility index (Phi) is 4.93. The number of hydrogen-bond acceptors (Lipinski definition) is 4. The van der Waals surface area contributed by atoms with E-state index in [1.165, 1.54) is 0 Å². The minimum atomic E-state index is 0.0702. The lowest BCUT2D eigenvalue weighted by Gasteiger charge is -2.34. The van der Waals surface area contributed by atoms with Crippen LogP contribution in [-0.2, 0) is 16.0 Å². The number of ether oxygens (including phenoxy) is 1. The summed E-state index contributed by atoms with van der Waals surface area (Å²) in [5.41, 5.74) is 1.04. The minimum Gasteiger partial charge on any atom is -0.373 e.